The summed E-state index contributed by atoms with van der Waals surface area (Å²) in [5, 5.41) is 2.90. The maximum absolute atomic E-state index is 12.3. The Balaban J connectivity index is 1.72. The number of methoxy groups -OCH3 is 1. The van der Waals surface area contributed by atoms with Crippen molar-refractivity contribution in [1.82, 2.24) is 5.32 Å². The van der Waals surface area contributed by atoms with Gasteiger partial charge in [0.2, 0.25) is 5.91 Å². The van der Waals surface area contributed by atoms with Crippen molar-refractivity contribution in [2.24, 2.45) is 0 Å². The maximum atomic E-state index is 12.3. The molecule has 0 bridgehead atoms. The highest BCUT2D eigenvalue weighted by atomic mass is 19.4. The van der Waals surface area contributed by atoms with E-state index in [1.807, 2.05) is 19.0 Å². The molecule has 0 radical (unpaired) electrons. The second-order valence-electron chi connectivity index (χ2n) is 7.40. The molecule has 2 aromatic carbocycles. The van der Waals surface area contributed by atoms with E-state index in [2.05, 4.69) is 29.6 Å². The van der Waals surface area contributed by atoms with Gasteiger partial charge in [-0.15, -0.1) is 0 Å². The standard InChI is InChI=1S/C23H29F3N2O3/c1-28(2)19-10-6-17(7-11-19)5-4-14-27-22(29)13-9-18-8-12-20(21(15-18)30-3)31-16-23(24,25)26/h6-8,10-12,15H,4-5,9,13-14,16H2,1-3H3,(H,27,29). The summed E-state index contributed by atoms with van der Waals surface area (Å²) in [5.41, 5.74) is 3.15. The molecule has 2 rings (SSSR count). The molecule has 0 aliphatic heterocycles. The minimum Gasteiger partial charge on any atom is -0.493 e. The molecule has 0 aromatic heterocycles. The second kappa shape index (κ2) is 11.5. The SMILES string of the molecule is COc1cc(CCC(=O)NCCCc2ccc(N(C)C)cc2)ccc1OCC(F)(F)F. The van der Waals surface area contributed by atoms with E-state index >= 15 is 0 Å². The summed E-state index contributed by atoms with van der Waals surface area (Å²) in [4.78, 5) is 14.1. The van der Waals surface area contributed by atoms with E-state index in [9.17, 15) is 18.0 Å². The summed E-state index contributed by atoms with van der Waals surface area (Å²) < 4.78 is 46.8. The fraction of sp³-hybridized carbons (Fsp3) is 0.435. The largest absolute Gasteiger partial charge is 0.493 e. The normalized spacial score (nSPS) is 11.2. The van der Waals surface area contributed by atoms with Gasteiger partial charge in [0.15, 0.2) is 18.1 Å². The van der Waals surface area contributed by atoms with E-state index in [0.29, 0.717) is 13.0 Å². The highest BCUT2D eigenvalue weighted by Gasteiger charge is 2.29. The fourth-order valence-corrected chi connectivity index (χ4v) is 2.97. The minimum absolute atomic E-state index is 0.0200. The van der Waals surface area contributed by atoms with Crippen LogP contribution in [0.25, 0.3) is 0 Å². The zero-order valence-corrected chi connectivity index (χ0v) is 18.1. The first-order valence-corrected chi connectivity index (χ1v) is 10.1. The molecule has 0 atom stereocenters. The number of carbonyl (C=O) groups is 1. The molecule has 0 saturated heterocycles. The predicted octanol–water partition coefficient (Wildman–Crippen LogP) is 4.38. The van der Waals surface area contributed by atoms with Crippen molar-refractivity contribution >= 4 is 11.6 Å². The summed E-state index contributed by atoms with van der Waals surface area (Å²) in [7, 11) is 5.35. The van der Waals surface area contributed by atoms with Gasteiger partial charge in [0.1, 0.15) is 0 Å². The van der Waals surface area contributed by atoms with E-state index < -0.39 is 12.8 Å². The molecule has 8 heteroatoms. The Kier molecular flexibility index (Phi) is 9.03. The predicted molar refractivity (Wildman–Crippen MR) is 115 cm³/mol. The zero-order valence-electron chi connectivity index (χ0n) is 18.1. The molecule has 0 spiro atoms. The van der Waals surface area contributed by atoms with Gasteiger partial charge >= 0.3 is 6.18 Å². The Morgan fingerprint density at radius 3 is 2.29 bits per heavy atom. The lowest BCUT2D eigenvalue weighted by Gasteiger charge is -2.13. The number of alkyl halides is 3. The van der Waals surface area contributed by atoms with Crippen LogP contribution in [-0.2, 0) is 17.6 Å². The molecule has 0 heterocycles. The third-order valence-electron chi connectivity index (χ3n) is 4.68. The Bertz CT molecular complexity index is 837. The summed E-state index contributed by atoms with van der Waals surface area (Å²) >= 11 is 0. The second-order valence-corrected chi connectivity index (χ2v) is 7.40. The lowest BCUT2D eigenvalue weighted by molar-refractivity contribution is -0.153. The highest BCUT2D eigenvalue weighted by Crippen LogP contribution is 2.30. The molecule has 1 amide bonds. The van der Waals surface area contributed by atoms with Gasteiger partial charge in [-0.1, -0.05) is 18.2 Å². The molecular formula is C23H29F3N2O3. The molecule has 0 fully saturated rings. The van der Waals surface area contributed by atoms with Gasteiger partial charge in [-0.25, -0.2) is 0 Å². The first-order valence-electron chi connectivity index (χ1n) is 10.1. The number of benzene rings is 2. The molecule has 2 aromatic rings. The van der Waals surface area contributed by atoms with E-state index in [-0.39, 0.29) is 23.8 Å². The zero-order chi connectivity index (χ0) is 22.9. The topological polar surface area (TPSA) is 50.8 Å². The molecule has 0 unspecified atom stereocenters. The van der Waals surface area contributed by atoms with E-state index in [1.54, 1.807) is 12.1 Å². The molecule has 5 nitrogen and oxygen atoms in total. The van der Waals surface area contributed by atoms with Gasteiger partial charge in [-0.2, -0.15) is 13.2 Å². The number of anilines is 1. The Morgan fingerprint density at radius 1 is 1.00 bits per heavy atom. The van der Waals surface area contributed by atoms with Gasteiger partial charge in [-0.3, -0.25) is 4.79 Å². The van der Waals surface area contributed by atoms with E-state index in [0.717, 1.165) is 24.1 Å². The van der Waals surface area contributed by atoms with Crippen LogP contribution in [-0.4, -0.2) is 46.4 Å². The van der Waals surface area contributed by atoms with Crippen LogP contribution in [0.5, 0.6) is 11.5 Å². The quantitative estimate of drug-likeness (QED) is 0.529. The number of nitrogens with zero attached hydrogens (tertiary/aromatic N) is 1. The van der Waals surface area contributed by atoms with Crippen molar-refractivity contribution in [2.45, 2.75) is 31.9 Å². The average molecular weight is 438 g/mol. The van der Waals surface area contributed by atoms with Crippen molar-refractivity contribution in [1.29, 1.82) is 0 Å². The van der Waals surface area contributed by atoms with Gasteiger partial charge in [0.25, 0.3) is 0 Å². The van der Waals surface area contributed by atoms with Crippen LogP contribution in [0.4, 0.5) is 18.9 Å². The number of hydrogen-bond acceptors (Lipinski definition) is 4. The lowest BCUT2D eigenvalue weighted by atomic mass is 10.1. The van der Waals surface area contributed by atoms with Gasteiger partial charge in [0, 0.05) is 32.7 Å². The number of halogens is 3. The molecule has 0 aliphatic carbocycles. The number of ether oxygens (including phenoxy) is 2. The molecular weight excluding hydrogens is 409 g/mol. The van der Waals surface area contributed by atoms with Crippen LogP contribution in [0, 0.1) is 0 Å². The van der Waals surface area contributed by atoms with E-state index in [4.69, 9.17) is 9.47 Å². The van der Waals surface area contributed by atoms with Gasteiger partial charge in [-0.05, 0) is 54.7 Å². The molecule has 170 valence electrons. The number of rotatable bonds is 11. The van der Waals surface area contributed by atoms with Crippen molar-refractivity contribution in [3.8, 4) is 11.5 Å². The Labute approximate surface area is 181 Å². The number of hydrogen-bond donors (Lipinski definition) is 1. The van der Waals surface area contributed by atoms with Crippen LogP contribution in [0.3, 0.4) is 0 Å². The van der Waals surface area contributed by atoms with Crippen molar-refractivity contribution in [3.63, 3.8) is 0 Å². The number of carbonyl (C=O) groups excluding carboxylic acids is 1. The van der Waals surface area contributed by atoms with Crippen LogP contribution < -0.4 is 19.7 Å². The van der Waals surface area contributed by atoms with Crippen LogP contribution >= 0.6 is 0 Å². The van der Waals surface area contributed by atoms with Crippen molar-refractivity contribution < 1.29 is 27.4 Å². The number of aryl methyl sites for hydroxylation is 2. The third-order valence-corrected chi connectivity index (χ3v) is 4.68. The Hall–Kier alpha value is -2.90. The summed E-state index contributed by atoms with van der Waals surface area (Å²) in [6.45, 7) is -0.799. The molecule has 0 aliphatic rings. The fourth-order valence-electron chi connectivity index (χ4n) is 2.97. The molecule has 0 saturated carbocycles. The van der Waals surface area contributed by atoms with Crippen LogP contribution in [0.1, 0.15) is 24.0 Å². The number of nitrogens with one attached hydrogen (secondary N) is 1. The first kappa shape index (κ1) is 24.4. The third kappa shape index (κ3) is 8.78. The smallest absolute Gasteiger partial charge is 0.422 e. The summed E-state index contributed by atoms with van der Waals surface area (Å²) in [5.74, 6) is 0.161. The summed E-state index contributed by atoms with van der Waals surface area (Å²) in [6.07, 6.45) is -1.97. The van der Waals surface area contributed by atoms with Crippen LogP contribution in [0.15, 0.2) is 42.5 Å². The highest BCUT2D eigenvalue weighted by molar-refractivity contribution is 5.76. The minimum atomic E-state index is -4.42. The first-order chi connectivity index (χ1) is 14.7. The molecule has 31 heavy (non-hydrogen) atoms. The maximum Gasteiger partial charge on any atom is 0.422 e. The van der Waals surface area contributed by atoms with Crippen molar-refractivity contribution in [3.05, 3.63) is 53.6 Å². The number of amides is 1. The van der Waals surface area contributed by atoms with E-state index in [1.165, 1.54) is 18.7 Å². The van der Waals surface area contributed by atoms with Gasteiger partial charge in [0.05, 0.1) is 7.11 Å². The van der Waals surface area contributed by atoms with Crippen molar-refractivity contribution in [2.75, 3.05) is 39.3 Å². The van der Waals surface area contributed by atoms with Crippen LogP contribution in [0.2, 0.25) is 0 Å². The Morgan fingerprint density at radius 2 is 1.68 bits per heavy atom. The molecule has 1 N–H and O–H groups in total. The summed E-state index contributed by atoms with van der Waals surface area (Å²) in [6, 6.07) is 13.0. The monoisotopic (exact) mass is 438 g/mol. The average Bonchev–Trinajstić information content (AvgIpc) is 2.73. The lowest BCUT2D eigenvalue weighted by Crippen LogP contribution is -2.25. The van der Waals surface area contributed by atoms with Gasteiger partial charge < -0.3 is 19.7 Å².